The molecule has 13 heavy (non-hydrogen) atoms. The van der Waals surface area contributed by atoms with E-state index in [4.69, 9.17) is 5.73 Å². The average Bonchev–Trinajstić information content (AvgIpc) is 2.48. The van der Waals surface area contributed by atoms with E-state index in [0.717, 1.165) is 21.6 Å². The molecular formula is C9H10N2OS. The maximum absolute atomic E-state index is 9.34. The number of nitrogens with zero attached hydrogens (tertiary/aromatic N) is 1. The van der Waals surface area contributed by atoms with Gasteiger partial charge in [-0.15, -0.1) is 11.3 Å². The third kappa shape index (κ3) is 1.33. The summed E-state index contributed by atoms with van der Waals surface area (Å²) in [4.78, 5) is 4.34. The molecule has 0 saturated carbocycles. The first-order chi connectivity index (χ1) is 6.20. The van der Waals surface area contributed by atoms with Gasteiger partial charge in [-0.05, 0) is 12.5 Å². The van der Waals surface area contributed by atoms with E-state index in [0.29, 0.717) is 5.69 Å². The Labute approximate surface area is 79.8 Å². The highest BCUT2D eigenvalue weighted by molar-refractivity contribution is 7.18. The highest BCUT2D eigenvalue weighted by Gasteiger charge is 2.05. The predicted molar refractivity (Wildman–Crippen MR) is 55.1 cm³/mol. The van der Waals surface area contributed by atoms with Crippen molar-refractivity contribution in [2.75, 3.05) is 5.73 Å². The molecule has 0 aliphatic carbocycles. The monoisotopic (exact) mass is 194 g/mol. The van der Waals surface area contributed by atoms with Crippen LogP contribution in [0.2, 0.25) is 0 Å². The van der Waals surface area contributed by atoms with Crippen LogP contribution in [0.5, 0.6) is 5.75 Å². The minimum atomic E-state index is 0.112. The molecular weight excluding hydrogens is 184 g/mol. The lowest BCUT2D eigenvalue weighted by molar-refractivity contribution is 0.478. The predicted octanol–water partition coefficient (Wildman–Crippen LogP) is 2.15. The van der Waals surface area contributed by atoms with Crippen LogP contribution in [0.15, 0.2) is 12.1 Å². The molecule has 1 aromatic heterocycles. The minimum absolute atomic E-state index is 0.112. The Morgan fingerprint density at radius 1 is 1.54 bits per heavy atom. The number of aromatic hydroxyl groups is 1. The van der Waals surface area contributed by atoms with Crippen molar-refractivity contribution < 1.29 is 5.11 Å². The van der Waals surface area contributed by atoms with Gasteiger partial charge in [-0.1, -0.05) is 6.92 Å². The van der Waals surface area contributed by atoms with Gasteiger partial charge in [0.25, 0.3) is 0 Å². The van der Waals surface area contributed by atoms with Crippen molar-refractivity contribution in [3.8, 4) is 5.75 Å². The fourth-order valence-corrected chi connectivity index (χ4v) is 2.11. The van der Waals surface area contributed by atoms with E-state index < -0.39 is 0 Å². The molecule has 0 amide bonds. The lowest BCUT2D eigenvalue weighted by Gasteiger charge is -1.95. The maximum Gasteiger partial charge on any atom is 0.140 e. The molecule has 0 atom stereocenters. The molecule has 3 nitrogen and oxygen atoms in total. The smallest absolute Gasteiger partial charge is 0.140 e. The fraction of sp³-hybridized carbons (Fsp3) is 0.222. The van der Waals surface area contributed by atoms with Crippen LogP contribution in [-0.4, -0.2) is 10.1 Å². The SMILES string of the molecule is CCc1nc2cc(O)c(N)cc2s1. The van der Waals surface area contributed by atoms with Crippen molar-refractivity contribution in [1.82, 2.24) is 4.98 Å². The first-order valence-electron chi connectivity index (χ1n) is 4.08. The van der Waals surface area contributed by atoms with E-state index >= 15 is 0 Å². The summed E-state index contributed by atoms with van der Waals surface area (Å²) < 4.78 is 1.03. The second kappa shape index (κ2) is 2.88. The molecule has 0 radical (unpaired) electrons. The van der Waals surface area contributed by atoms with Gasteiger partial charge in [0.15, 0.2) is 0 Å². The summed E-state index contributed by atoms with van der Waals surface area (Å²) >= 11 is 1.62. The Hall–Kier alpha value is -1.29. The molecule has 68 valence electrons. The Morgan fingerprint density at radius 2 is 2.31 bits per heavy atom. The van der Waals surface area contributed by atoms with Crippen molar-refractivity contribution in [2.45, 2.75) is 13.3 Å². The van der Waals surface area contributed by atoms with Gasteiger partial charge in [0, 0.05) is 6.07 Å². The number of anilines is 1. The number of nitrogens with two attached hydrogens (primary N) is 1. The zero-order valence-electron chi connectivity index (χ0n) is 7.24. The zero-order valence-corrected chi connectivity index (χ0v) is 8.06. The average molecular weight is 194 g/mol. The fourth-order valence-electron chi connectivity index (χ4n) is 1.18. The van der Waals surface area contributed by atoms with E-state index in [1.807, 2.05) is 0 Å². The van der Waals surface area contributed by atoms with Crippen molar-refractivity contribution >= 4 is 27.2 Å². The second-order valence-corrected chi connectivity index (χ2v) is 3.96. The lowest BCUT2D eigenvalue weighted by Crippen LogP contribution is -1.84. The van der Waals surface area contributed by atoms with Crippen molar-refractivity contribution in [3.05, 3.63) is 17.1 Å². The van der Waals surface area contributed by atoms with Crippen LogP contribution in [-0.2, 0) is 6.42 Å². The Morgan fingerprint density at radius 3 is 3.00 bits per heavy atom. The van der Waals surface area contributed by atoms with E-state index in [1.165, 1.54) is 0 Å². The summed E-state index contributed by atoms with van der Waals surface area (Å²) in [5.41, 5.74) is 6.81. The van der Waals surface area contributed by atoms with Gasteiger partial charge in [0.2, 0.25) is 0 Å². The number of phenolic OH excluding ortho intramolecular Hbond substituents is 1. The first-order valence-corrected chi connectivity index (χ1v) is 4.90. The molecule has 0 bridgehead atoms. The molecule has 1 aromatic carbocycles. The number of aryl methyl sites for hydroxylation is 1. The van der Waals surface area contributed by atoms with Crippen molar-refractivity contribution in [2.24, 2.45) is 0 Å². The van der Waals surface area contributed by atoms with E-state index in [2.05, 4.69) is 11.9 Å². The van der Waals surface area contributed by atoms with Crippen LogP contribution in [0.4, 0.5) is 5.69 Å². The molecule has 3 N–H and O–H groups in total. The Kier molecular flexibility index (Phi) is 1.84. The highest BCUT2D eigenvalue weighted by atomic mass is 32.1. The van der Waals surface area contributed by atoms with Gasteiger partial charge < -0.3 is 10.8 Å². The maximum atomic E-state index is 9.34. The van der Waals surface area contributed by atoms with E-state index in [-0.39, 0.29) is 5.75 Å². The second-order valence-electron chi connectivity index (χ2n) is 2.84. The Balaban J connectivity index is 2.70. The molecule has 2 aromatic rings. The van der Waals surface area contributed by atoms with Gasteiger partial charge in [-0.25, -0.2) is 4.98 Å². The molecule has 0 aliphatic rings. The van der Waals surface area contributed by atoms with Crippen LogP contribution in [0.25, 0.3) is 10.2 Å². The molecule has 1 heterocycles. The van der Waals surface area contributed by atoms with Crippen LogP contribution < -0.4 is 5.73 Å². The minimum Gasteiger partial charge on any atom is -0.506 e. The quantitative estimate of drug-likeness (QED) is 0.540. The molecule has 2 rings (SSSR count). The molecule has 0 spiro atoms. The number of hydrogen-bond donors (Lipinski definition) is 2. The van der Waals surface area contributed by atoms with Gasteiger partial charge in [0.1, 0.15) is 5.75 Å². The first kappa shape index (κ1) is 8.31. The summed E-state index contributed by atoms with van der Waals surface area (Å²) in [6, 6.07) is 3.38. The van der Waals surface area contributed by atoms with Crippen LogP contribution in [0.3, 0.4) is 0 Å². The van der Waals surface area contributed by atoms with Crippen molar-refractivity contribution in [1.29, 1.82) is 0 Å². The molecule has 4 heteroatoms. The third-order valence-corrected chi connectivity index (χ3v) is 3.05. The summed E-state index contributed by atoms with van der Waals surface area (Å²) in [6.45, 7) is 2.06. The van der Waals surface area contributed by atoms with Gasteiger partial charge >= 0.3 is 0 Å². The molecule has 0 aliphatic heterocycles. The molecule has 0 fully saturated rings. The summed E-state index contributed by atoms with van der Waals surface area (Å²) in [7, 11) is 0. The largest absolute Gasteiger partial charge is 0.506 e. The number of fused-ring (bicyclic) bond motifs is 1. The molecule has 0 saturated heterocycles. The topological polar surface area (TPSA) is 59.1 Å². The number of aromatic nitrogens is 1. The number of thiazole rings is 1. The van der Waals surface area contributed by atoms with Gasteiger partial charge in [-0.2, -0.15) is 0 Å². The number of hydrogen-bond acceptors (Lipinski definition) is 4. The summed E-state index contributed by atoms with van der Waals surface area (Å²) in [5, 5.41) is 10.4. The number of rotatable bonds is 1. The zero-order chi connectivity index (χ0) is 9.42. The van der Waals surface area contributed by atoms with E-state index in [9.17, 15) is 5.11 Å². The highest BCUT2D eigenvalue weighted by Crippen LogP contribution is 2.30. The van der Waals surface area contributed by atoms with Crippen LogP contribution in [0.1, 0.15) is 11.9 Å². The van der Waals surface area contributed by atoms with Gasteiger partial charge in [-0.3, -0.25) is 0 Å². The Bertz CT molecular complexity index is 411. The van der Waals surface area contributed by atoms with E-state index in [1.54, 1.807) is 23.5 Å². The van der Waals surface area contributed by atoms with Crippen molar-refractivity contribution in [3.63, 3.8) is 0 Å². The standard InChI is InChI=1S/C9H10N2OS/c1-2-9-11-6-4-7(12)5(10)3-8(6)13-9/h3-4,12H,2,10H2,1H3. The lowest BCUT2D eigenvalue weighted by atomic mass is 10.3. The van der Waals surface area contributed by atoms with Crippen LogP contribution in [0, 0.1) is 0 Å². The van der Waals surface area contributed by atoms with Crippen LogP contribution >= 0.6 is 11.3 Å². The number of phenols is 1. The third-order valence-electron chi connectivity index (χ3n) is 1.88. The number of nitrogen functional groups attached to an aromatic ring is 1. The van der Waals surface area contributed by atoms with Gasteiger partial charge in [0.05, 0.1) is 20.9 Å². The normalized spacial score (nSPS) is 10.8. The number of benzene rings is 1. The summed E-state index contributed by atoms with van der Waals surface area (Å²) in [6.07, 6.45) is 0.917. The molecule has 0 unspecified atom stereocenters. The summed E-state index contributed by atoms with van der Waals surface area (Å²) in [5.74, 6) is 0.112.